The second kappa shape index (κ2) is 2.21. The lowest BCUT2D eigenvalue weighted by Gasteiger charge is -1.80. The smallest absolute Gasteiger partial charge is 0.208 e. The summed E-state index contributed by atoms with van der Waals surface area (Å²) in [4.78, 5) is 4.07. The molecule has 2 heteroatoms. The number of hydrogen-bond acceptors (Lipinski definition) is 2. The minimum atomic E-state index is 0.492. The normalized spacial score (nSPS) is 14.5. The second-order valence-corrected chi connectivity index (χ2v) is 2.31. The van der Waals surface area contributed by atoms with Gasteiger partial charge in [0.15, 0.2) is 0 Å². The van der Waals surface area contributed by atoms with Gasteiger partial charge in [-0.1, -0.05) is 18.2 Å². The number of nitrogens with zero attached hydrogens (tertiary/aromatic N) is 2. The Bertz CT molecular complexity index is 391. The summed E-state index contributed by atoms with van der Waals surface area (Å²) >= 11 is 0. The molecule has 51 valence electrons. The molecular formula is C9H5N2. The van der Waals surface area contributed by atoms with Crippen molar-refractivity contribution in [3.05, 3.63) is 40.9 Å². The summed E-state index contributed by atoms with van der Waals surface area (Å²) in [5, 5.41) is 10.5. The highest BCUT2D eigenvalue weighted by atomic mass is 14.8. The molecule has 1 aliphatic heterocycles. The van der Waals surface area contributed by atoms with Gasteiger partial charge in [0, 0.05) is 0 Å². The molecule has 0 saturated heterocycles. The van der Waals surface area contributed by atoms with Crippen molar-refractivity contribution in [3.63, 3.8) is 0 Å². The van der Waals surface area contributed by atoms with Gasteiger partial charge in [0.05, 0.1) is 5.36 Å². The molecule has 1 aromatic carbocycles. The van der Waals surface area contributed by atoms with Crippen molar-refractivity contribution in [2.24, 2.45) is 4.99 Å². The van der Waals surface area contributed by atoms with E-state index in [1.165, 1.54) is 0 Å². The highest BCUT2D eigenvalue weighted by Crippen LogP contribution is 2.01. The summed E-state index contributed by atoms with van der Waals surface area (Å²) < 4.78 is 0. The summed E-state index contributed by atoms with van der Waals surface area (Å²) in [6.45, 7) is 0. The van der Waals surface area contributed by atoms with Gasteiger partial charge in [-0.3, -0.25) is 4.99 Å². The van der Waals surface area contributed by atoms with Gasteiger partial charge >= 0.3 is 0 Å². The summed E-state index contributed by atoms with van der Waals surface area (Å²) in [5.41, 5.74) is 0. The molecular weight excluding hydrogens is 136 g/mol. The molecule has 0 spiro atoms. The number of rotatable bonds is 0. The molecule has 11 heavy (non-hydrogen) atoms. The fourth-order valence-corrected chi connectivity index (χ4v) is 1.08. The Kier molecular flexibility index (Phi) is 1.23. The SMILES string of the molecule is N#C[C]1C=c2ccccc2=N1. The van der Waals surface area contributed by atoms with Crippen LogP contribution in [-0.2, 0) is 0 Å². The maximum Gasteiger partial charge on any atom is 0.208 e. The Morgan fingerprint density at radius 2 is 2.09 bits per heavy atom. The van der Waals surface area contributed by atoms with Gasteiger partial charge in [-0.25, -0.2) is 0 Å². The number of para-hydroxylation sites is 1. The first kappa shape index (κ1) is 6.11. The highest BCUT2D eigenvalue weighted by Gasteiger charge is 2.06. The van der Waals surface area contributed by atoms with Crippen LogP contribution in [0.2, 0.25) is 0 Å². The molecule has 0 bridgehead atoms. The molecule has 1 heterocycles. The van der Waals surface area contributed by atoms with E-state index in [0.29, 0.717) is 6.04 Å². The number of nitriles is 1. The van der Waals surface area contributed by atoms with E-state index in [9.17, 15) is 0 Å². The lowest BCUT2D eigenvalue weighted by Crippen LogP contribution is -2.19. The molecule has 2 nitrogen and oxygen atoms in total. The van der Waals surface area contributed by atoms with Crippen LogP contribution in [0, 0.1) is 17.4 Å². The van der Waals surface area contributed by atoms with Crippen LogP contribution < -0.4 is 10.6 Å². The lowest BCUT2D eigenvalue weighted by molar-refractivity contribution is 1.22. The monoisotopic (exact) mass is 141 g/mol. The van der Waals surface area contributed by atoms with Crippen molar-refractivity contribution < 1.29 is 0 Å². The van der Waals surface area contributed by atoms with Crippen molar-refractivity contribution >= 4 is 6.08 Å². The van der Waals surface area contributed by atoms with Gasteiger partial charge in [-0.15, -0.1) is 0 Å². The average molecular weight is 141 g/mol. The molecule has 0 atom stereocenters. The third-order valence-electron chi connectivity index (χ3n) is 1.58. The molecule has 1 aromatic rings. The second-order valence-electron chi connectivity index (χ2n) is 2.31. The first-order valence-corrected chi connectivity index (χ1v) is 3.33. The van der Waals surface area contributed by atoms with Gasteiger partial charge in [-0.05, 0) is 17.4 Å². The van der Waals surface area contributed by atoms with E-state index in [2.05, 4.69) is 4.99 Å². The molecule has 0 fully saturated rings. The predicted molar refractivity (Wildman–Crippen MR) is 40.5 cm³/mol. The maximum absolute atomic E-state index is 8.53. The average Bonchev–Trinajstić information content (AvgIpc) is 2.46. The van der Waals surface area contributed by atoms with Crippen LogP contribution in [0.15, 0.2) is 29.3 Å². The third-order valence-corrected chi connectivity index (χ3v) is 1.58. The van der Waals surface area contributed by atoms with E-state index in [0.717, 1.165) is 10.6 Å². The van der Waals surface area contributed by atoms with Gasteiger partial charge < -0.3 is 0 Å². The number of fused-ring (bicyclic) bond motifs is 1. The Labute approximate surface area is 64.1 Å². The first-order chi connectivity index (χ1) is 5.40. The van der Waals surface area contributed by atoms with E-state index >= 15 is 0 Å². The predicted octanol–water partition coefficient (Wildman–Crippen LogP) is 0.156. The van der Waals surface area contributed by atoms with Crippen molar-refractivity contribution in [1.82, 2.24) is 0 Å². The zero-order valence-electron chi connectivity index (χ0n) is 5.78. The van der Waals surface area contributed by atoms with Gasteiger partial charge in [0.2, 0.25) is 6.04 Å². The van der Waals surface area contributed by atoms with Gasteiger partial charge in [0.25, 0.3) is 0 Å². The van der Waals surface area contributed by atoms with Crippen LogP contribution in [0.3, 0.4) is 0 Å². The van der Waals surface area contributed by atoms with Gasteiger partial charge in [-0.2, -0.15) is 5.26 Å². The van der Waals surface area contributed by atoms with Crippen molar-refractivity contribution in [1.29, 1.82) is 5.26 Å². The van der Waals surface area contributed by atoms with Crippen LogP contribution in [-0.4, -0.2) is 0 Å². The minimum Gasteiger partial charge on any atom is -0.254 e. The van der Waals surface area contributed by atoms with Crippen molar-refractivity contribution in [3.8, 4) is 6.07 Å². The summed E-state index contributed by atoms with van der Waals surface area (Å²) in [5.74, 6) is 0. The molecule has 0 saturated carbocycles. The first-order valence-electron chi connectivity index (χ1n) is 3.33. The Hall–Kier alpha value is -1.62. The Balaban J connectivity index is 2.73. The van der Waals surface area contributed by atoms with Crippen molar-refractivity contribution in [2.75, 3.05) is 0 Å². The molecule has 0 aromatic heterocycles. The molecule has 1 radical (unpaired) electrons. The van der Waals surface area contributed by atoms with Crippen LogP contribution in [0.25, 0.3) is 6.08 Å². The summed E-state index contributed by atoms with van der Waals surface area (Å²) in [7, 11) is 0. The van der Waals surface area contributed by atoms with E-state index in [-0.39, 0.29) is 0 Å². The van der Waals surface area contributed by atoms with Gasteiger partial charge in [0.1, 0.15) is 6.07 Å². The molecule has 0 amide bonds. The standard InChI is InChI=1S/C9H5N2/c10-6-8-5-7-3-1-2-4-9(7)11-8/h1-5H. The van der Waals surface area contributed by atoms with Crippen LogP contribution in [0.4, 0.5) is 0 Å². The molecule has 0 N–H and O–H groups in total. The molecule has 0 aliphatic carbocycles. The third kappa shape index (κ3) is 0.908. The zero-order valence-corrected chi connectivity index (χ0v) is 5.78. The molecule has 0 unspecified atom stereocenters. The van der Waals surface area contributed by atoms with Crippen LogP contribution in [0.1, 0.15) is 0 Å². The quantitative estimate of drug-likeness (QED) is 0.506. The van der Waals surface area contributed by atoms with Crippen molar-refractivity contribution in [2.45, 2.75) is 0 Å². The van der Waals surface area contributed by atoms with E-state index < -0.39 is 0 Å². The fourth-order valence-electron chi connectivity index (χ4n) is 1.08. The van der Waals surface area contributed by atoms with Crippen LogP contribution >= 0.6 is 0 Å². The van der Waals surface area contributed by atoms with E-state index in [1.807, 2.05) is 30.3 Å². The lowest BCUT2D eigenvalue weighted by atomic mass is 10.2. The minimum absolute atomic E-state index is 0.492. The topological polar surface area (TPSA) is 36.1 Å². The van der Waals surface area contributed by atoms with E-state index in [4.69, 9.17) is 5.26 Å². The Morgan fingerprint density at radius 3 is 2.82 bits per heavy atom. The Morgan fingerprint density at radius 1 is 1.27 bits per heavy atom. The number of hydrogen-bond donors (Lipinski definition) is 0. The fraction of sp³-hybridized carbons (Fsp3) is 0. The largest absolute Gasteiger partial charge is 0.254 e. The highest BCUT2D eigenvalue weighted by molar-refractivity contribution is 5.51. The summed E-state index contributed by atoms with van der Waals surface area (Å²) in [6.07, 6.45) is 1.79. The maximum atomic E-state index is 8.53. The molecule has 2 rings (SSSR count). The number of benzene rings is 1. The van der Waals surface area contributed by atoms with E-state index in [1.54, 1.807) is 6.08 Å². The van der Waals surface area contributed by atoms with Crippen LogP contribution in [0.5, 0.6) is 0 Å². The summed E-state index contributed by atoms with van der Waals surface area (Å²) in [6, 6.07) is 10.2. The molecule has 1 aliphatic rings. The zero-order chi connectivity index (χ0) is 7.68.